The third kappa shape index (κ3) is 1.26. The van der Waals surface area contributed by atoms with Crippen molar-refractivity contribution < 1.29 is 4.79 Å². The molecule has 0 spiro atoms. The number of allylic oxidation sites excluding steroid dienone is 3. The Hall–Kier alpha value is -0.850. The van der Waals surface area contributed by atoms with Crippen molar-refractivity contribution in [2.45, 2.75) is 33.1 Å². The van der Waals surface area contributed by atoms with E-state index in [-0.39, 0.29) is 5.41 Å². The quantitative estimate of drug-likeness (QED) is 0.581. The van der Waals surface area contributed by atoms with Crippen molar-refractivity contribution in [3.8, 4) is 0 Å². The molecule has 1 fully saturated rings. The summed E-state index contributed by atoms with van der Waals surface area (Å²) in [6.07, 6.45) is 7.21. The minimum absolute atomic E-state index is 0.147. The fourth-order valence-corrected chi connectivity index (χ4v) is 2.77. The molecule has 0 aromatic heterocycles. The van der Waals surface area contributed by atoms with Crippen molar-refractivity contribution in [1.29, 1.82) is 0 Å². The Morgan fingerprint density at radius 1 is 1.64 bits per heavy atom. The van der Waals surface area contributed by atoms with Gasteiger partial charge in [-0.3, -0.25) is 4.79 Å². The highest BCUT2D eigenvalue weighted by molar-refractivity contribution is 5.88. The Balaban J connectivity index is 2.22. The SMILES string of the molecule is C=C(C)[C@H]1CC(=O)[C@]2(C)C=CC[C@@H]2C1. The molecule has 0 N–H and O–H groups in total. The van der Waals surface area contributed by atoms with E-state index in [1.54, 1.807) is 0 Å². The van der Waals surface area contributed by atoms with Crippen molar-refractivity contribution in [2.24, 2.45) is 17.3 Å². The Kier molecular flexibility index (Phi) is 2.13. The van der Waals surface area contributed by atoms with Gasteiger partial charge in [0.05, 0.1) is 0 Å². The molecule has 0 aromatic carbocycles. The van der Waals surface area contributed by atoms with Gasteiger partial charge in [-0.2, -0.15) is 0 Å². The van der Waals surface area contributed by atoms with E-state index in [2.05, 4.69) is 25.7 Å². The summed E-state index contributed by atoms with van der Waals surface area (Å²) in [6, 6.07) is 0. The molecule has 1 saturated carbocycles. The predicted octanol–water partition coefficient (Wildman–Crippen LogP) is 3.12. The molecule has 2 rings (SSSR count). The lowest BCUT2D eigenvalue weighted by atomic mass is 9.64. The van der Waals surface area contributed by atoms with E-state index in [4.69, 9.17) is 0 Å². The minimum Gasteiger partial charge on any atom is -0.299 e. The molecule has 0 saturated heterocycles. The van der Waals surface area contributed by atoms with Crippen molar-refractivity contribution in [3.63, 3.8) is 0 Å². The van der Waals surface area contributed by atoms with E-state index in [0.717, 1.165) is 12.8 Å². The van der Waals surface area contributed by atoms with Gasteiger partial charge in [-0.15, -0.1) is 0 Å². The standard InChI is InChI=1S/C13H18O/c1-9(2)10-7-11-5-4-6-13(11,3)12(14)8-10/h4,6,10-11H,1,5,7-8H2,2-3H3/t10-,11-,13-/m1/s1. The molecule has 14 heavy (non-hydrogen) atoms. The summed E-state index contributed by atoms with van der Waals surface area (Å²) in [5.74, 6) is 1.38. The number of carbonyl (C=O) groups is 1. The summed E-state index contributed by atoms with van der Waals surface area (Å²) in [7, 11) is 0. The highest BCUT2D eigenvalue weighted by Gasteiger charge is 2.46. The topological polar surface area (TPSA) is 17.1 Å². The molecule has 1 heteroatoms. The largest absolute Gasteiger partial charge is 0.299 e. The second-order valence-corrected chi connectivity index (χ2v) is 5.02. The number of ketones is 1. The number of hydrogen-bond donors (Lipinski definition) is 0. The number of Topliss-reactive ketones (excluding diaryl/α,β-unsaturated/α-hetero) is 1. The van der Waals surface area contributed by atoms with Gasteiger partial charge in [-0.05, 0) is 38.5 Å². The zero-order valence-corrected chi connectivity index (χ0v) is 9.05. The smallest absolute Gasteiger partial charge is 0.143 e. The van der Waals surface area contributed by atoms with E-state index in [1.807, 2.05) is 6.92 Å². The molecule has 0 aliphatic heterocycles. The van der Waals surface area contributed by atoms with E-state index >= 15 is 0 Å². The van der Waals surface area contributed by atoms with Gasteiger partial charge in [0.2, 0.25) is 0 Å². The summed E-state index contributed by atoms with van der Waals surface area (Å²) < 4.78 is 0. The average molecular weight is 190 g/mol. The lowest BCUT2D eigenvalue weighted by Crippen LogP contribution is -2.38. The van der Waals surface area contributed by atoms with E-state index in [1.165, 1.54) is 5.57 Å². The highest BCUT2D eigenvalue weighted by Crippen LogP contribution is 2.48. The highest BCUT2D eigenvalue weighted by atomic mass is 16.1. The summed E-state index contributed by atoms with van der Waals surface area (Å²) in [6.45, 7) is 8.12. The molecular formula is C13H18O. The molecular weight excluding hydrogens is 172 g/mol. The first-order valence-corrected chi connectivity index (χ1v) is 5.40. The first-order chi connectivity index (χ1) is 6.54. The molecule has 0 aromatic rings. The molecule has 3 atom stereocenters. The van der Waals surface area contributed by atoms with Crippen LogP contribution in [0, 0.1) is 17.3 Å². The number of rotatable bonds is 1. The van der Waals surface area contributed by atoms with Gasteiger partial charge in [0.25, 0.3) is 0 Å². The molecule has 0 heterocycles. The van der Waals surface area contributed by atoms with Crippen LogP contribution < -0.4 is 0 Å². The Bertz CT molecular complexity index is 313. The van der Waals surface area contributed by atoms with Gasteiger partial charge in [-0.1, -0.05) is 24.3 Å². The van der Waals surface area contributed by atoms with Gasteiger partial charge in [0.15, 0.2) is 0 Å². The molecule has 1 nitrogen and oxygen atoms in total. The van der Waals surface area contributed by atoms with Crippen molar-refractivity contribution in [1.82, 2.24) is 0 Å². The van der Waals surface area contributed by atoms with Crippen LogP contribution in [0.15, 0.2) is 24.3 Å². The van der Waals surface area contributed by atoms with E-state index in [9.17, 15) is 4.79 Å². The number of fused-ring (bicyclic) bond motifs is 1. The van der Waals surface area contributed by atoms with Crippen LogP contribution in [-0.4, -0.2) is 5.78 Å². The van der Waals surface area contributed by atoms with Crippen LogP contribution in [-0.2, 0) is 4.79 Å². The average Bonchev–Trinajstić information content (AvgIpc) is 2.48. The molecule has 0 radical (unpaired) electrons. The monoisotopic (exact) mass is 190 g/mol. The minimum atomic E-state index is -0.147. The molecule has 0 bridgehead atoms. The van der Waals surface area contributed by atoms with Crippen LogP contribution in [0.25, 0.3) is 0 Å². The van der Waals surface area contributed by atoms with Crippen LogP contribution in [0.2, 0.25) is 0 Å². The Morgan fingerprint density at radius 2 is 2.36 bits per heavy atom. The van der Waals surface area contributed by atoms with E-state index < -0.39 is 0 Å². The summed E-state index contributed by atoms with van der Waals surface area (Å²) in [4.78, 5) is 12.0. The predicted molar refractivity (Wildman–Crippen MR) is 57.9 cm³/mol. The summed E-state index contributed by atoms with van der Waals surface area (Å²) >= 11 is 0. The van der Waals surface area contributed by atoms with Crippen LogP contribution in [0.3, 0.4) is 0 Å². The van der Waals surface area contributed by atoms with Crippen LogP contribution in [0.1, 0.15) is 33.1 Å². The second kappa shape index (κ2) is 3.08. The van der Waals surface area contributed by atoms with Crippen molar-refractivity contribution in [3.05, 3.63) is 24.3 Å². The summed E-state index contributed by atoms with van der Waals surface area (Å²) in [5, 5.41) is 0. The third-order valence-corrected chi connectivity index (χ3v) is 4.03. The normalized spacial score (nSPS) is 41.1. The first kappa shape index (κ1) is 9.70. The third-order valence-electron chi connectivity index (χ3n) is 4.03. The van der Waals surface area contributed by atoms with Gasteiger partial charge in [0.1, 0.15) is 5.78 Å². The van der Waals surface area contributed by atoms with Gasteiger partial charge in [0, 0.05) is 11.8 Å². The zero-order chi connectivity index (χ0) is 10.3. The van der Waals surface area contributed by atoms with Crippen LogP contribution in [0.5, 0.6) is 0 Å². The Labute approximate surface area is 85.9 Å². The van der Waals surface area contributed by atoms with Crippen molar-refractivity contribution in [2.75, 3.05) is 0 Å². The van der Waals surface area contributed by atoms with Crippen molar-refractivity contribution >= 4 is 5.78 Å². The van der Waals surface area contributed by atoms with Crippen LogP contribution in [0.4, 0.5) is 0 Å². The molecule has 2 aliphatic carbocycles. The van der Waals surface area contributed by atoms with Crippen LogP contribution >= 0.6 is 0 Å². The maximum absolute atomic E-state index is 12.0. The zero-order valence-electron chi connectivity index (χ0n) is 9.05. The lowest BCUT2D eigenvalue weighted by Gasteiger charge is -2.38. The Morgan fingerprint density at radius 3 is 3.00 bits per heavy atom. The molecule has 76 valence electrons. The summed E-state index contributed by atoms with van der Waals surface area (Å²) in [5.41, 5.74) is 1.03. The van der Waals surface area contributed by atoms with Gasteiger partial charge < -0.3 is 0 Å². The lowest BCUT2D eigenvalue weighted by molar-refractivity contribution is -0.131. The fraction of sp³-hybridized carbons (Fsp3) is 0.615. The number of carbonyl (C=O) groups excluding carboxylic acids is 1. The van der Waals surface area contributed by atoms with E-state index in [0.29, 0.717) is 24.0 Å². The van der Waals surface area contributed by atoms with Gasteiger partial charge >= 0.3 is 0 Å². The maximum Gasteiger partial charge on any atom is 0.143 e. The maximum atomic E-state index is 12.0. The molecule has 2 aliphatic rings. The first-order valence-electron chi connectivity index (χ1n) is 5.40. The van der Waals surface area contributed by atoms with Gasteiger partial charge in [-0.25, -0.2) is 0 Å². The molecule has 0 unspecified atom stereocenters. The fourth-order valence-electron chi connectivity index (χ4n) is 2.77. The second-order valence-electron chi connectivity index (χ2n) is 5.02. The molecule has 0 amide bonds. The number of hydrogen-bond acceptors (Lipinski definition) is 1.